The zero-order chi connectivity index (χ0) is 16.6. The number of benzene rings is 2. The first-order valence-corrected chi connectivity index (χ1v) is 9.23. The fraction of sp³-hybridized carbons (Fsp3) is 0.261. The van der Waals surface area contributed by atoms with Crippen LogP contribution in [-0.2, 0) is 6.54 Å². The fourth-order valence-electron chi connectivity index (χ4n) is 4.51. The largest absolute Gasteiger partial charge is 0.289 e. The van der Waals surface area contributed by atoms with Gasteiger partial charge in [0.25, 0.3) is 0 Å². The van der Waals surface area contributed by atoms with Crippen molar-refractivity contribution in [1.29, 1.82) is 0 Å². The molecule has 124 valence electrons. The smallest absolute Gasteiger partial charge is 0.0737 e. The lowest BCUT2D eigenvalue weighted by Gasteiger charge is -2.34. The van der Waals surface area contributed by atoms with Crippen molar-refractivity contribution in [3.8, 4) is 0 Å². The Balaban J connectivity index is 1.48. The zero-order valence-corrected chi connectivity index (χ0v) is 14.3. The molecule has 2 heteroatoms. The molecule has 2 aliphatic heterocycles. The van der Waals surface area contributed by atoms with Crippen molar-refractivity contribution < 1.29 is 0 Å². The van der Waals surface area contributed by atoms with E-state index in [1.807, 2.05) is 6.20 Å². The molecule has 25 heavy (non-hydrogen) atoms. The molecule has 1 fully saturated rings. The van der Waals surface area contributed by atoms with Crippen molar-refractivity contribution in [3.05, 3.63) is 84.2 Å². The molecule has 2 nitrogen and oxygen atoms in total. The molecule has 0 spiro atoms. The van der Waals surface area contributed by atoms with Crippen molar-refractivity contribution >= 4 is 16.3 Å². The summed E-state index contributed by atoms with van der Waals surface area (Å²) in [6.45, 7) is 1.06. The predicted octanol–water partition coefficient (Wildman–Crippen LogP) is 5.06. The summed E-state index contributed by atoms with van der Waals surface area (Å²) < 4.78 is 0. The Morgan fingerprint density at radius 3 is 2.64 bits per heavy atom. The van der Waals surface area contributed by atoms with Crippen molar-refractivity contribution in [2.24, 2.45) is 0 Å². The molecule has 3 heterocycles. The number of fused-ring (bicyclic) bond motifs is 3. The SMILES string of the molecule is C1=C(c2nccc3ccccc23)CC2CCC1N2Cc1ccccc1. The molecule has 2 aromatic carbocycles. The lowest BCUT2D eigenvalue weighted by atomic mass is 9.94. The number of pyridine rings is 1. The highest BCUT2D eigenvalue weighted by Gasteiger charge is 2.37. The van der Waals surface area contributed by atoms with Gasteiger partial charge < -0.3 is 0 Å². The van der Waals surface area contributed by atoms with Gasteiger partial charge in [0.1, 0.15) is 0 Å². The van der Waals surface area contributed by atoms with E-state index in [0.717, 1.165) is 13.0 Å². The second-order valence-electron chi connectivity index (χ2n) is 7.23. The number of aromatic nitrogens is 1. The highest BCUT2D eigenvalue weighted by molar-refractivity contribution is 5.92. The summed E-state index contributed by atoms with van der Waals surface area (Å²) in [5.41, 5.74) is 4.04. The summed E-state index contributed by atoms with van der Waals surface area (Å²) >= 11 is 0. The second kappa shape index (κ2) is 6.12. The maximum Gasteiger partial charge on any atom is 0.0737 e. The predicted molar refractivity (Wildman–Crippen MR) is 103 cm³/mol. The minimum atomic E-state index is 0.551. The quantitative estimate of drug-likeness (QED) is 0.669. The van der Waals surface area contributed by atoms with Crippen LogP contribution in [0.25, 0.3) is 16.3 Å². The maximum atomic E-state index is 4.75. The third-order valence-corrected chi connectivity index (χ3v) is 5.73. The van der Waals surface area contributed by atoms with Crippen LogP contribution in [0.15, 0.2) is 72.9 Å². The van der Waals surface area contributed by atoms with E-state index in [1.54, 1.807) is 0 Å². The summed E-state index contributed by atoms with van der Waals surface area (Å²) in [6, 6.07) is 22.8. The molecule has 0 aliphatic carbocycles. The topological polar surface area (TPSA) is 16.1 Å². The summed E-state index contributed by atoms with van der Waals surface area (Å²) in [4.78, 5) is 7.43. The maximum absolute atomic E-state index is 4.75. The van der Waals surface area contributed by atoms with Crippen LogP contribution in [0.3, 0.4) is 0 Å². The molecule has 0 amide bonds. The first-order chi connectivity index (χ1) is 12.4. The number of rotatable bonds is 3. The minimum Gasteiger partial charge on any atom is -0.289 e. The first kappa shape index (κ1) is 14.9. The van der Waals surface area contributed by atoms with E-state index in [-0.39, 0.29) is 0 Å². The summed E-state index contributed by atoms with van der Waals surface area (Å²) in [6.07, 6.45) is 8.12. The van der Waals surface area contributed by atoms with Crippen LogP contribution < -0.4 is 0 Å². The van der Waals surface area contributed by atoms with Crippen LogP contribution in [0.4, 0.5) is 0 Å². The Bertz CT molecular complexity index is 924. The Hall–Kier alpha value is -2.45. The van der Waals surface area contributed by atoms with E-state index < -0.39 is 0 Å². The second-order valence-corrected chi connectivity index (χ2v) is 7.23. The molecule has 1 aromatic heterocycles. The van der Waals surface area contributed by atoms with Crippen molar-refractivity contribution in [3.63, 3.8) is 0 Å². The van der Waals surface area contributed by atoms with Gasteiger partial charge in [0, 0.05) is 30.2 Å². The van der Waals surface area contributed by atoms with Crippen molar-refractivity contribution in [1.82, 2.24) is 9.88 Å². The highest BCUT2D eigenvalue weighted by atomic mass is 15.2. The molecule has 2 bridgehead atoms. The van der Waals surface area contributed by atoms with E-state index >= 15 is 0 Å². The Kier molecular flexibility index (Phi) is 3.64. The van der Waals surface area contributed by atoms with Crippen LogP contribution in [0.5, 0.6) is 0 Å². The third kappa shape index (κ3) is 2.67. The van der Waals surface area contributed by atoms with Gasteiger partial charge in [-0.2, -0.15) is 0 Å². The average molecular weight is 326 g/mol. The molecular formula is C23H22N2. The molecule has 0 N–H and O–H groups in total. The molecule has 2 atom stereocenters. The van der Waals surface area contributed by atoms with Gasteiger partial charge in [-0.05, 0) is 41.9 Å². The van der Waals surface area contributed by atoms with Gasteiger partial charge in [-0.25, -0.2) is 0 Å². The fourth-order valence-corrected chi connectivity index (χ4v) is 4.51. The third-order valence-electron chi connectivity index (χ3n) is 5.73. The highest BCUT2D eigenvalue weighted by Crippen LogP contribution is 2.40. The number of nitrogens with zero attached hydrogens (tertiary/aromatic N) is 2. The van der Waals surface area contributed by atoms with Crippen LogP contribution in [0.2, 0.25) is 0 Å². The molecule has 2 unspecified atom stereocenters. The molecule has 5 rings (SSSR count). The van der Waals surface area contributed by atoms with Gasteiger partial charge in [0.05, 0.1) is 5.69 Å². The minimum absolute atomic E-state index is 0.551. The Morgan fingerprint density at radius 2 is 1.76 bits per heavy atom. The summed E-state index contributed by atoms with van der Waals surface area (Å²) in [5, 5.41) is 2.57. The number of hydrogen-bond donors (Lipinski definition) is 0. The monoisotopic (exact) mass is 326 g/mol. The van der Waals surface area contributed by atoms with Gasteiger partial charge in [-0.1, -0.05) is 60.7 Å². The molecule has 0 radical (unpaired) electrons. The molecule has 1 saturated heterocycles. The van der Waals surface area contributed by atoms with E-state index in [4.69, 9.17) is 4.98 Å². The Labute approximate surface area is 148 Å². The lowest BCUT2D eigenvalue weighted by molar-refractivity contribution is 0.203. The van der Waals surface area contributed by atoms with Gasteiger partial charge >= 0.3 is 0 Å². The summed E-state index contributed by atoms with van der Waals surface area (Å²) in [5.74, 6) is 0. The lowest BCUT2D eigenvalue weighted by Crippen LogP contribution is -2.37. The average Bonchev–Trinajstić information content (AvgIpc) is 2.90. The van der Waals surface area contributed by atoms with Gasteiger partial charge in [0.2, 0.25) is 0 Å². The van der Waals surface area contributed by atoms with Crippen LogP contribution in [-0.4, -0.2) is 22.0 Å². The van der Waals surface area contributed by atoms with Crippen LogP contribution in [0.1, 0.15) is 30.5 Å². The van der Waals surface area contributed by atoms with E-state index in [0.29, 0.717) is 12.1 Å². The van der Waals surface area contributed by atoms with Crippen LogP contribution >= 0.6 is 0 Å². The molecule has 0 saturated carbocycles. The zero-order valence-electron chi connectivity index (χ0n) is 14.3. The van der Waals surface area contributed by atoms with Gasteiger partial charge in [-0.15, -0.1) is 0 Å². The standard InChI is InChI=1S/C23H22N2/c1-2-6-17(7-3-1)16-25-20-10-11-21(25)15-19(14-20)23-22-9-5-4-8-18(22)12-13-24-23/h1-9,12-14,20-21H,10-11,15-16H2. The van der Waals surface area contributed by atoms with E-state index in [9.17, 15) is 0 Å². The van der Waals surface area contributed by atoms with Gasteiger partial charge in [0.15, 0.2) is 0 Å². The van der Waals surface area contributed by atoms with Gasteiger partial charge in [-0.3, -0.25) is 9.88 Å². The Morgan fingerprint density at radius 1 is 0.920 bits per heavy atom. The number of hydrogen-bond acceptors (Lipinski definition) is 2. The van der Waals surface area contributed by atoms with Crippen LogP contribution in [0, 0.1) is 0 Å². The summed E-state index contributed by atoms with van der Waals surface area (Å²) in [7, 11) is 0. The first-order valence-electron chi connectivity index (χ1n) is 9.23. The molecule has 2 aliphatic rings. The molecule has 3 aromatic rings. The van der Waals surface area contributed by atoms with Crippen molar-refractivity contribution in [2.75, 3.05) is 0 Å². The van der Waals surface area contributed by atoms with Crippen molar-refractivity contribution in [2.45, 2.75) is 37.9 Å². The van der Waals surface area contributed by atoms with E-state index in [1.165, 1.54) is 40.4 Å². The normalized spacial score (nSPS) is 23.0. The molecular weight excluding hydrogens is 304 g/mol. The van der Waals surface area contributed by atoms with E-state index in [2.05, 4.69) is 71.6 Å².